The quantitative estimate of drug-likeness (QED) is 0.365. The zero-order valence-corrected chi connectivity index (χ0v) is 15.5. The van der Waals surface area contributed by atoms with E-state index in [4.69, 9.17) is 9.47 Å². The molecule has 0 aromatic heterocycles. The lowest BCUT2D eigenvalue weighted by Crippen LogP contribution is -2.20. The van der Waals surface area contributed by atoms with Gasteiger partial charge in [0.25, 0.3) is 0 Å². The second-order valence-corrected chi connectivity index (χ2v) is 5.79. The highest BCUT2D eigenvalue weighted by Gasteiger charge is 2.02. The van der Waals surface area contributed by atoms with Gasteiger partial charge in [-0.3, -0.25) is 0 Å². The molecule has 0 aliphatic carbocycles. The summed E-state index contributed by atoms with van der Waals surface area (Å²) < 4.78 is 9.72. The summed E-state index contributed by atoms with van der Waals surface area (Å²) >= 11 is 0. The monoisotopic (exact) mass is 328 g/mol. The molecule has 6 heteroatoms. The molecule has 0 aromatic rings. The van der Waals surface area contributed by atoms with E-state index in [0.29, 0.717) is 24.4 Å². The molecule has 0 rings (SSSR count). The van der Waals surface area contributed by atoms with Crippen LogP contribution in [-0.4, -0.2) is 76.2 Å². The SMILES string of the molecule is C=C(C)C(=O)OCCCN(C)C.C=C(C)C(=O)OCCN(C)C. The van der Waals surface area contributed by atoms with Gasteiger partial charge in [0.15, 0.2) is 0 Å². The third kappa shape index (κ3) is 18.3. The Kier molecular flexibility index (Phi) is 14.3. The Morgan fingerprint density at radius 1 is 0.783 bits per heavy atom. The molecule has 0 fully saturated rings. The van der Waals surface area contributed by atoms with Crippen LogP contribution in [-0.2, 0) is 19.1 Å². The molecule has 0 N–H and O–H groups in total. The van der Waals surface area contributed by atoms with Gasteiger partial charge in [0.2, 0.25) is 0 Å². The van der Waals surface area contributed by atoms with Crippen LogP contribution in [0, 0.1) is 0 Å². The Balaban J connectivity index is 0. The molecule has 0 amide bonds. The molecule has 0 heterocycles. The van der Waals surface area contributed by atoms with Gasteiger partial charge in [0.1, 0.15) is 6.61 Å². The summed E-state index contributed by atoms with van der Waals surface area (Å²) in [6.45, 7) is 12.8. The summed E-state index contributed by atoms with van der Waals surface area (Å²) in [4.78, 5) is 25.6. The van der Waals surface area contributed by atoms with Crippen molar-refractivity contribution in [2.24, 2.45) is 0 Å². The minimum Gasteiger partial charge on any atom is -0.462 e. The predicted octanol–water partition coefficient (Wildman–Crippen LogP) is 1.72. The minimum absolute atomic E-state index is 0.297. The molecular formula is C17H32N2O4. The number of esters is 2. The number of carbonyl (C=O) groups is 2. The Bertz CT molecular complexity index is 390. The van der Waals surface area contributed by atoms with E-state index in [9.17, 15) is 9.59 Å². The number of ether oxygens (including phenoxy) is 2. The lowest BCUT2D eigenvalue weighted by molar-refractivity contribution is -0.140. The van der Waals surface area contributed by atoms with E-state index in [1.807, 2.05) is 33.1 Å². The summed E-state index contributed by atoms with van der Waals surface area (Å²) in [6.07, 6.45) is 0.867. The largest absolute Gasteiger partial charge is 0.462 e. The van der Waals surface area contributed by atoms with Crippen LogP contribution in [0.15, 0.2) is 24.3 Å². The number of carbonyl (C=O) groups excluding carboxylic acids is 2. The average Bonchev–Trinajstić information content (AvgIpc) is 2.43. The fraction of sp³-hybridized carbons (Fsp3) is 0.647. The van der Waals surface area contributed by atoms with Crippen LogP contribution in [0.2, 0.25) is 0 Å². The Morgan fingerprint density at radius 3 is 1.52 bits per heavy atom. The molecule has 0 radical (unpaired) electrons. The van der Waals surface area contributed by atoms with Crippen LogP contribution in [0.5, 0.6) is 0 Å². The van der Waals surface area contributed by atoms with Crippen LogP contribution in [0.25, 0.3) is 0 Å². The molecule has 0 bridgehead atoms. The molecule has 0 saturated carbocycles. The van der Waals surface area contributed by atoms with Gasteiger partial charge < -0.3 is 19.3 Å². The molecule has 0 aromatic carbocycles. The fourth-order valence-electron chi connectivity index (χ4n) is 1.11. The molecule has 0 aliphatic heterocycles. The van der Waals surface area contributed by atoms with Crippen LogP contribution in [0.4, 0.5) is 0 Å². The molecule has 0 atom stereocenters. The van der Waals surface area contributed by atoms with Crippen LogP contribution < -0.4 is 0 Å². The van der Waals surface area contributed by atoms with E-state index in [1.165, 1.54) is 0 Å². The maximum Gasteiger partial charge on any atom is 0.333 e. The van der Waals surface area contributed by atoms with Crippen molar-refractivity contribution >= 4 is 11.9 Å². The number of rotatable bonds is 9. The Labute approximate surface area is 140 Å². The van der Waals surface area contributed by atoms with Crippen molar-refractivity contribution in [1.82, 2.24) is 9.80 Å². The van der Waals surface area contributed by atoms with E-state index in [0.717, 1.165) is 19.5 Å². The maximum absolute atomic E-state index is 10.9. The normalized spacial score (nSPS) is 9.91. The smallest absolute Gasteiger partial charge is 0.333 e. The van der Waals surface area contributed by atoms with Crippen LogP contribution in [0.1, 0.15) is 20.3 Å². The average molecular weight is 328 g/mol. The van der Waals surface area contributed by atoms with E-state index in [1.54, 1.807) is 13.8 Å². The van der Waals surface area contributed by atoms with Gasteiger partial charge in [-0.05, 0) is 48.5 Å². The highest BCUT2D eigenvalue weighted by atomic mass is 16.5. The summed E-state index contributed by atoms with van der Waals surface area (Å²) in [7, 11) is 7.82. The van der Waals surface area contributed by atoms with E-state index < -0.39 is 0 Å². The molecule has 23 heavy (non-hydrogen) atoms. The maximum atomic E-state index is 10.9. The van der Waals surface area contributed by atoms with Gasteiger partial charge in [-0.1, -0.05) is 13.2 Å². The predicted molar refractivity (Wildman–Crippen MR) is 93.3 cm³/mol. The lowest BCUT2D eigenvalue weighted by atomic mass is 10.3. The number of hydrogen-bond donors (Lipinski definition) is 0. The first-order chi connectivity index (χ1) is 10.6. The standard InChI is InChI=1S/C9H17NO2.C8H15NO2/c1-8(2)9(11)12-7-5-6-10(3)4;1-7(2)8(10)11-6-5-9(3)4/h1,5-7H2,2-4H3;1,5-6H2,2-4H3. The summed E-state index contributed by atoms with van der Waals surface area (Å²) in [6, 6.07) is 0. The van der Waals surface area contributed by atoms with Crippen LogP contribution >= 0.6 is 0 Å². The van der Waals surface area contributed by atoms with Crippen molar-refractivity contribution in [3.05, 3.63) is 24.3 Å². The van der Waals surface area contributed by atoms with E-state index >= 15 is 0 Å². The van der Waals surface area contributed by atoms with E-state index in [2.05, 4.69) is 18.1 Å². The van der Waals surface area contributed by atoms with Crippen molar-refractivity contribution in [3.8, 4) is 0 Å². The van der Waals surface area contributed by atoms with Gasteiger partial charge in [-0.15, -0.1) is 0 Å². The van der Waals surface area contributed by atoms with Crippen molar-refractivity contribution < 1.29 is 19.1 Å². The second-order valence-electron chi connectivity index (χ2n) is 5.79. The zero-order valence-electron chi connectivity index (χ0n) is 15.5. The Hall–Kier alpha value is -1.66. The molecule has 0 aliphatic rings. The fourth-order valence-corrected chi connectivity index (χ4v) is 1.11. The van der Waals surface area contributed by atoms with Gasteiger partial charge >= 0.3 is 11.9 Å². The third-order valence-corrected chi connectivity index (χ3v) is 2.45. The van der Waals surface area contributed by atoms with Gasteiger partial charge in [0.05, 0.1) is 6.61 Å². The first kappa shape index (κ1) is 23.6. The number of hydrogen-bond acceptors (Lipinski definition) is 6. The van der Waals surface area contributed by atoms with Gasteiger partial charge in [-0.25, -0.2) is 9.59 Å². The molecule has 0 saturated heterocycles. The molecule has 6 nitrogen and oxygen atoms in total. The summed E-state index contributed by atoms with van der Waals surface area (Å²) in [5.74, 6) is -0.611. The van der Waals surface area contributed by atoms with Gasteiger partial charge in [-0.2, -0.15) is 0 Å². The molecule has 0 unspecified atom stereocenters. The van der Waals surface area contributed by atoms with Crippen molar-refractivity contribution in [1.29, 1.82) is 0 Å². The second kappa shape index (κ2) is 14.0. The van der Waals surface area contributed by atoms with Crippen molar-refractivity contribution in [3.63, 3.8) is 0 Å². The highest BCUT2D eigenvalue weighted by Crippen LogP contribution is 1.93. The first-order valence-corrected chi connectivity index (χ1v) is 7.52. The number of likely N-dealkylation sites (N-methyl/N-ethyl adjacent to an activating group) is 1. The lowest BCUT2D eigenvalue weighted by Gasteiger charge is -2.09. The minimum atomic E-state index is -0.313. The first-order valence-electron chi connectivity index (χ1n) is 7.52. The van der Waals surface area contributed by atoms with E-state index in [-0.39, 0.29) is 11.9 Å². The molecule has 0 spiro atoms. The van der Waals surface area contributed by atoms with Crippen LogP contribution in [0.3, 0.4) is 0 Å². The summed E-state index contributed by atoms with van der Waals surface area (Å²) in [5, 5.41) is 0. The van der Waals surface area contributed by atoms with Crippen molar-refractivity contribution in [2.75, 3.05) is 54.5 Å². The molecule has 134 valence electrons. The third-order valence-electron chi connectivity index (χ3n) is 2.45. The summed E-state index contributed by atoms with van der Waals surface area (Å²) in [5.41, 5.74) is 0.906. The van der Waals surface area contributed by atoms with Crippen molar-refractivity contribution in [2.45, 2.75) is 20.3 Å². The number of nitrogens with zero attached hydrogens (tertiary/aromatic N) is 2. The molecular weight excluding hydrogens is 296 g/mol. The zero-order chi connectivity index (χ0) is 18.4. The van der Waals surface area contributed by atoms with Gasteiger partial charge in [0, 0.05) is 24.2 Å². The highest BCUT2D eigenvalue weighted by molar-refractivity contribution is 5.87. The Morgan fingerprint density at radius 2 is 1.17 bits per heavy atom. The topological polar surface area (TPSA) is 59.1 Å².